The molecule has 1 rings (SSSR count). The van der Waals surface area contributed by atoms with Crippen LogP contribution in [-0.4, -0.2) is 30.9 Å². The largest absolute Gasteiger partial charge is 0.386 e. The summed E-state index contributed by atoms with van der Waals surface area (Å²) in [4.78, 5) is 7.28. The van der Waals surface area contributed by atoms with Crippen molar-refractivity contribution in [2.24, 2.45) is 31.7 Å². The Kier molecular flexibility index (Phi) is 3.27. The van der Waals surface area contributed by atoms with Gasteiger partial charge in [0, 0.05) is 31.4 Å². The molecule has 1 aromatic rings. The van der Waals surface area contributed by atoms with Gasteiger partial charge in [-0.1, -0.05) is 0 Å². The van der Waals surface area contributed by atoms with Crippen LogP contribution in [0.1, 0.15) is 21.7 Å². The number of aromatic nitrogens is 1. The second kappa shape index (κ2) is 7.42. The second-order valence-electron chi connectivity index (χ2n) is 2.91. The van der Waals surface area contributed by atoms with Crippen LogP contribution in [0.15, 0.2) is 14.7 Å². The van der Waals surface area contributed by atoms with E-state index in [1.165, 1.54) is 0 Å². The summed E-state index contributed by atoms with van der Waals surface area (Å²) in [6.45, 7) is 0. The number of guanidine groups is 1. The first-order valence-corrected chi connectivity index (χ1v) is 7.69. The molecular weight excluding hydrogens is 322 g/mol. The zero-order chi connectivity index (χ0) is 21.4. The third-order valence-corrected chi connectivity index (χ3v) is 2.89. The van der Waals surface area contributed by atoms with Gasteiger partial charge in [-0.15, -0.1) is 15.7 Å². The van der Waals surface area contributed by atoms with E-state index in [0.29, 0.717) is 11.3 Å². The van der Waals surface area contributed by atoms with Gasteiger partial charge in [0.1, 0.15) is 5.84 Å². The summed E-state index contributed by atoms with van der Waals surface area (Å²) in [6.07, 6.45) is -3.24. The van der Waals surface area contributed by atoms with E-state index in [2.05, 4.69) is 19.5 Å². The molecule has 0 saturated heterocycles. The number of thioether (sulfide) groups is 1. The monoisotopic (exact) mass is 344 g/mol. The summed E-state index contributed by atoms with van der Waals surface area (Å²) in [5, 5.41) is 4.05. The SMILES string of the molecule is [2H]c1sc(N=C(N)N)nc1C([2H])([2H])SC([2H])([2H])C([2H])([2H])/C(N)=N/S(N)(=O)=O. The smallest absolute Gasteiger partial charge is 0.318 e. The Morgan fingerprint density at radius 2 is 2.25 bits per heavy atom. The van der Waals surface area contributed by atoms with Crippen LogP contribution >= 0.6 is 23.1 Å². The van der Waals surface area contributed by atoms with Crippen molar-refractivity contribution in [2.45, 2.75) is 12.1 Å². The minimum Gasteiger partial charge on any atom is -0.386 e. The molecule has 0 fully saturated rings. The van der Waals surface area contributed by atoms with Gasteiger partial charge in [-0.25, -0.2) is 10.1 Å². The molecule has 0 aromatic carbocycles. The predicted molar refractivity (Wildman–Crippen MR) is 83.1 cm³/mol. The highest BCUT2D eigenvalue weighted by Crippen LogP contribution is 2.21. The Hall–Kier alpha value is -1.37. The standard InChI is InChI=1S/C8H15N7O2S3/c9-6(15-20(12,16)17)1-2-18-3-5-4-19-8(13-5)14-7(10)11/h4H,1-3H2,(H2,9,15)(H2,12,16,17)(H4,10,11,13,14)/i1D2,2D2,3D2,4D. The topological polar surface area (TPSA) is 176 Å². The summed E-state index contributed by atoms with van der Waals surface area (Å²) < 4.78 is 79.3. The van der Waals surface area contributed by atoms with Crippen LogP contribution in [0.25, 0.3) is 0 Å². The van der Waals surface area contributed by atoms with Crippen molar-refractivity contribution < 1.29 is 18.0 Å². The first kappa shape index (κ1) is 8.81. The predicted octanol–water partition coefficient (Wildman–Crippen LogP) is -0.768. The van der Waals surface area contributed by atoms with Crippen molar-refractivity contribution in [1.29, 1.82) is 0 Å². The van der Waals surface area contributed by atoms with Crippen molar-refractivity contribution in [2.75, 3.05) is 5.70 Å². The molecule has 0 atom stereocenters. The lowest BCUT2D eigenvalue weighted by atomic mass is 10.5. The van der Waals surface area contributed by atoms with E-state index in [4.69, 9.17) is 26.8 Å². The Labute approximate surface area is 134 Å². The zero-order valence-electron chi connectivity index (χ0n) is 16.7. The number of rotatable bonds is 7. The molecule has 0 amide bonds. The van der Waals surface area contributed by atoms with Crippen LogP contribution < -0.4 is 22.3 Å². The lowest BCUT2D eigenvalue weighted by molar-refractivity contribution is 0.599. The Bertz CT molecular complexity index is 879. The molecular formula is C8H15N7O2S3. The Morgan fingerprint density at radius 3 is 2.85 bits per heavy atom. The Morgan fingerprint density at radius 1 is 1.55 bits per heavy atom. The molecule has 112 valence electrons. The van der Waals surface area contributed by atoms with E-state index in [1.807, 2.05) is 0 Å². The van der Waals surface area contributed by atoms with Crippen molar-refractivity contribution in [3.8, 4) is 0 Å². The zero-order valence-corrected chi connectivity index (χ0v) is 12.1. The van der Waals surface area contributed by atoms with Crippen molar-refractivity contribution >= 4 is 50.2 Å². The van der Waals surface area contributed by atoms with Gasteiger partial charge in [-0.05, 0) is 0 Å². The lowest BCUT2D eigenvalue weighted by Crippen LogP contribution is -2.21. The minimum absolute atomic E-state index is 0.154. The van der Waals surface area contributed by atoms with Crippen molar-refractivity contribution in [3.05, 3.63) is 11.1 Å². The summed E-state index contributed by atoms with van der Waals surface area (Å²) in [7, 11) is -4.60. The van der Waals surface area contributed by atoms with Gasteiger partial charge < -0.3 is 17.2 Å². The Balaban J connectivity index is 3.29. The van der Waals surface area contributed by atoms with Crippen LogP contribution in [0.2, 0.25) is 0 Å². The highest BCUT2D eigenvalue weighted by atomic mass is 32.2. The highest BCUT2D eigenvalue weighted by Gasteiger charge is 2.04. The van der Waals surface area contributed by atoms with Crippen molar-refractivity contribution in [3.63, 3.8) is 0 Å². The fourth-order valence-electron chi connectivity index (χ4n) is 0.749. The maximum Gasteiger partial charge on any atom is 0.318 e. The number of amidine groups is 1. The molecule has 12 heteroatoms. The fourth-order valence-corrected chi connectivity index (χ4v) is 2.11. The number of thiazole rings is 1. The van der Waals surface area contributed by atoms with Crippen LogP contribution in [0, 0.1) is 0 Å². The average Bonchev–Trinajstić information content (AvgIpc) is 2.75. The maximum atomic E-state index is 10.9. The molecule has 20 heavy (non-hydrogen) atoms. The highest BCUT2D eigenvalue weighted by molar-refractivity contribution is 7.98. The molecule has 0 spiro atoms. The third-order valence-electron chi connectivity index (χ3n) is 1.27. The fraction of sp³-hybridized carbons (Fsp3) is 0.375. The van der Waals surface area contributed by atoms with Gasteiger partial charge >= 0.3 is 10.2 Å². The molecule has 0 aliphatic carbocycles. The molecule has 0 aliphatic rings. The van der Waals surface area contributed by atoms with E-state index in [0.717, 1.165) is 0 Å². The van der Waals surface area contributed by atoms with E-state index in [-0.39, 0.29) is 22.9 Å². The van der Waals surface area contributed by atoms with Gasteiger partial charge in [0.05, 0.1) is 7.06 Å². The molecule has 1 heterocycles. The molecule has 0 saturated carbocycles. The first-order chi connectivity index (χ1) is 11.9. The van der Waals surface area contributed by atoms with E-state index >= 15 is 0 Å². The van der Waals surface area contributed by atoms with Gasteiger partial charge in [0.2, 0.25) is 5.13 Å². The molecule has 0 aliphatic heterocycles. The maximum absolute atomic E-state index is 10.9. The normalized spacial score (nSPS) is 19.6. The van der Waals surface area contributed by atoms with E-state index < -0.39 is 44.9 Å². The third kappa shape index (κ3) is 7.28. The molecule has 0 radical (unpaired) electrons. The van der Waals surface area contributed by atoms with E-state index in [1.54, 1.807) is 0 Å². The first-order valence-electron chi connectivity index (χ1n) is 8.05. The van der Waals surface area contributed by atoms with Crippen LogP contribution in [-0.2, 0) is 15.9 Å². The number of aliphatic imine (C=N–C) groups is 1. The molecule has 8 N–H and O–H groups in total. The summed E-state index contributed by atoms with van der Waals surface area (Å²) in [6, 6.07) is 0. The van der Waals surface area contributed by atoms with Crippen LogP contribution in [0.4, 0.5) is 5.13 Å². The van der Waals surface area contributed by atoms with Crippen molar-refractivity contribution in [1.82, 2.24) is 4.98 Å². The molecule has 9 nitrogen and oxygen atoms in total. The molecule has 0 bridgehead atoms. The van der Waals surface area contributed by atoms with E-state index in [9.17, 15) is 8.42 Å². The number of hydrogen-bond acceptors (Lipinski definition) is 6. The second-order valence-corrected chi connectivity index (χ2v) is 5.50. The van der Waals surface area contributed by atoms with Gasteiger partial charge in [-0.3, -0.25) is 0 Å². The van der Waals surface area contributed by atoms with Gasteiger partial charge in [0.25, 0.3) is 0 Å². The average molecular weight is 344 g/mol. The van der Waals surface area contributed by atoms with Crippen LogP contribution in [0.5, 0.6) is 0 Å². The number of nitrogens with two attached hydrogens (primary N) is 4. The van der Waals surface area contributed by atoms with Gasteiger partial charge in [0.15, 0.2) is 5.96 Å². The minimum atomic E-state index is -4.60. The molecule has 0 unspecified atom stereocenters. The number of hydrogen-bond donors (Lipinski definition) is 4. The quantitative estimate of drug-likeness (QED) is 0.370. The summed E-state index contributed by atoms with van der Waals surface area (Å²) in [5.41, 5.74) is 9.13. The lowest BCUT2D eigenvalue weighted by Gasteiger charge is -1.99. The number of nitrogens with zero attached hydrogens (tertiary/aromatic N) is 3. The summed E-state index contributed by atoms with van der Waals surface area (Å²) in [5.74, 6) is -1.69. The summed E-state index contributed by atoms with van der Waals surface area (Å²) >= 11 is 0.385. The molecule has 1 aromatic heterocycles. The van der Waals surface area contributed by atoms with Gasteiger partial charge in [-0.2, -0.15) is 25.2 Å². The van der Waals surface area contributed by atoms with Crippen LogP contribution in [0.3, 0.4) is 0 Å².